The Morgan fingerprint density at radius 1 is 0.583 bits per heavy atom. The molecule has 0 unspecified atom stereocenters. The average Bonchev–Trinajstić information content (AvgIpc) is 2.97. The molecule has 0 atom stereocenters. The Kier molecular flexibility index (Phi) is 4.92. The van der Waals surface area contributed by atoms with Crippen LogP contribution in [0.25, 0.3) is 49.3 Å². The van der Waals surface area contributed by atoms with Crippen LogP contribution in [-0.4, -0.2) is 15.7 Å². The molecule has 1 aliphatic rings. The lowest BCUT2D eigenvalue weighted by Crippen LogP contribution is -2.06. The molecule has 0 aliphatic carbocycles. The van der Waals surface area contributed by atoms with Crippen LogP contribution in [0.2, 0.25) is 0 Å². The zero-order chi connectivity index (χ0) is 23.9. The van der Waals surface area contributed by atoms with Crippen molar-refractivity contribution in [1.82, 2.24) is 9.97 Å². The van der Waals surface area contributed by atoms with Crippen molar-refractivity contribution in [2.24, 2.45) is 4.99 Å². The number of hydrogen-bond donors (Lipinski definition) is 0. The van der Waals surface area contributed by atoms with Crippen LogP contribution in [-0.2, 0) is 0 Å². The van der Waals surface area contributed by atoms with Crippen LogP contribution in [0, 0.1) is 0 Å². The largest absolute Gasteiger partial charge is 0.259 e. The molecule has 0 bridgehead atoms. The molecule has 1 aliphatic heterocycles. The highest BCUT2D eigenvalue weighted by molar-refractivity contribution is 6.22. The molecule has 0 saturated heterocycles. The molecule has 0 N–H and O–H groups in total. The number of nitrogens with zero attached hydrogens (tertiary/aromatic N) is 3. The summed E-state index contributed by atoms with van der Waals surface area (Å²) in [6.45, 7) is 0. The third-order valence-corrected chi connectivity index (χ3v) is 7.09. The molecular formula is C33H23N3. The molecule has 0 saturated carbocycles. The van der Waals surface area contributed by atoms with E-state index in [-0.39, 0.29) is 0 Å². The minimum atomic E-state index is 0.897. The van der Waals surface area contributed by atoms with Gasteiger partial charge in [-0.2, -0.15) is 0 Å². The van der Waals surface area contributed by atoms with E-state index in [2.05, 4.69) is 89.9 Å². The molecule has 0 radical (unpaired) electrons. The maximum absolute atomic E-state index is 5.12. The predicted molar refractivity (Wildman–Crippen MR) is 150 cm³/mol. The van der Waals surface area contributed by atoms with Gasteiger partial charge >= 0.3 is 0 Å². The van der Waals surface area contributed by atoms with Crippen molar-refractivity contribution in [3.05, 3.63) is 127 Å². The molecule has 4 aromatic carbocycles. The van der Waals surface area contributed by atoms with Gasteiger partial charge in [0.1, 0.15) is 0 Å². The van der Waals surface area contributed by atoms with E-state index in [4.69, 9.17) is 9.98 Å². The van der Waals surface area contributed by atoms with Gasteiger partial charge < -0.3 is 0 Å². The molecule has 0 spiro atoms. The molecule has 2 aromatic heterocycles. The van der Waals surface area contributed by atoms with E-state index in [1.807, 2.05) is 30.6 Å². The van der Waals surface area contributed by atoms with E-state index in [0.29, 0.717) is 0 Å². The molecule has 0 amide bonds. The number of aliphatic imine (C=N–C) groups is 1. The summed E-state index contributed by atoms with van der Waals surface area (Å²) >= 11 is 0. The second-order valence-electron chi connectivity index (χ2n) is 9.21. The Morgan fingerprint density at radius 3 is 2.17 bits per heavy atom. The van der Waals surface area contributed by atoms with Gasteiger partial charge in [0.25, 0.3) is 0 Å². The molecular weight excluding hydrogens is 438 g/mol. The van der Waals surface area contributed by atoms with E-state index >= 15 is 0 Å². The number of allylic oxidation sites excluding steroid dienone is 1. The first-order valence-electron chi connectivity index (χ1n) is 12.3. The zero-order valence-electron chi connectivity index (χ0n) is 19.7. The molecule has 3 heteroatoms. The number of pyridine rings is 2. The van der Waals surface area contributed by atoms with Gasteiger partial charge in [0.2, 0.25) is 0 Å². The lowest BCUT2D eigenvalue weighted by molar-refractivity contribution is 1.06. The minimum Gasteiger partial charge on any atom is -0.259 e. The summed E-state index contributed by atoms with van der Waals surface area (Å²) in [5.41, 5.74) is 7.64. The minimum absolute atomic E-state index is 0.897. The smallest absolute Gasteiger partial charge is 0.0844 e. The van der Waals surface area contributed by atoms with Crippen molar-refractivity contribution < 1.29 is 0 Å². The Balaban J connectivity index is 1.32. The number of benzene rings is 4. The maximum atomic E-state index is 5.12. The third kappa shape index (κ3) is 3.48. The van der Waals surface area contributed by atoms with Crippen LogP contribution in [0.1, 0.15) is 24.1 Å². The van der Waals surface area contributed by atoms with E-state index < -0.39 is 0 Å². The predicted octanol–water partition coefficient (Wildman–Crippen LogP) is 8.23. The molecule has 7 rings (SSSR count). The highest BCUT2D eigenvalue weighted by Gasteiger charge is 2.15. The van der Waals surface area contributed by atoms with Crippen molar-refractivity contribution in [1.29, 1.82) is 0 Å². The average molecular weight is 462 g/mol. The lowest BCUT2D eigenvalue weighted by atomic mass is 9.93. The van der Waals surface area contributed by atoms with Crippen molar-refractivity contribution in [2.45, 2.75) is 12.8 Å². The molecule has 3 nitrogen and oxygen atoms in total. The van der Waals surface area contributed by atoms with Gasteiger partial charge in [0.15, 0.2) is 0 Å². The van der Waals surface area contributed by atoms with Gasteiger partial charge in [-0.05, 0) is 52.9 Å². The van der Waals surface area contributed by atoms with Crippen molar-refractivity contribution in [3.63, 3.8) is 0 Å². The summed E-state index contributed by atoms with van der Waals surface area (Å²) in [5.74, 6) is 0. The van der Waals surface area contributed by atoms with Crippen LogP contribution < -0.4 is 0 Å². The van der Waals surface area contributed by atoms with Gasteiger partial charge in [-0.25, -0.2) is 4.98 Å². The van der Waals surface area contributed by atoms with Gasteiger partial charge in [-0.1, -0.05) is 84.9 Å². The fourth-order valence-electron chi connectivity index (χ4n) is 5.27. The van der Waals surface area contributed by atoms with Crippen LogP contribution in [0.4, 0.5) is 0 Å². The van der Waals surface area contributed by atoms with Crippen molar-refractivity contribution in [3.8, 4) is 11.3 Å². The number of para-hydroxylation sites is 1. The van der Waals surface area contributed by atoms with Gasteiger partial charge in [-0.3, -0.25) is 9.98 Å². The normalized spacial score (nSPS) is 13.7. The number of rotatable bonds is 3. The molecule has 0 fully saturated rings. The zero-order valence-corrected chi connectivity index (χ0v) is 19.7. The SMILES string of the molecule is C1=C(c2ccc(-c3nc4ccccc4c4c3ccc3ccccc34)cc2)CCC(c2ccccn2)=N1. The van der Waals surface area contributed by atoms with E-state index in [1.54, 1.807) is 0 Å². The first-order chi connectivity index (χ1) is 17.8. The quantitative estimate of drug-likeness (QED) is 0.249. The highest BCUT2D eigenvalue weighted by atomic mass is 14.8. The number of fused-ring (bicyclic) bond motifs is 5. The first kappa shape index (κ1) is 20.7. The Bertz CT molecular complexity index is 1800. The van der Waals surface area contributed by atoms with Crippen LogP contribution in [0.15, 0.2) is 121 Å². The number of hydrogen-bond acceptors (Lipinski definition) is 3. The Morgan fingerprint density at radius 2 is 1.36 bits per heavy atom. The summed E-state index contributed by atoms with van der Waals surface area (Å²) in [6, 6.07) is 36.2. The van der Waals surface area contributed by atoms with E-state index in [0.717, 1.165) is 41.0 Å². The molecule has 3 heterocycles. The van der Waals surface area contributed by atoms with E-state index in [9.17, 15) is 0 Å². The van der Waals surface area contributed by atoms with Gasteiger partial charge in [0, 0.05) is 34.1 Å². The number of aromatic nitrogens is 2. The van der Waals surface area contributed by atoms with Crippen molar-refractivity contribution in [2.75, 3.05) is 0 Å². The summed E-state index contributed by atoms with van der Waals surface area (Å²) < 4.78 is 0. The van der Waals surface area contributed by atoms with Crippen LogP contribution >= 0.6 is 0 Å². The summed E-state index contributed by atoms with van der Waals surface area (Å²) in [5, 5.41) is 6.15. The van der Waals surface area contributed by atoms with E-state index in [1.165, 1.54) is 38.1 Å². The molecule has 6 aromatic rings. The van der Waals surface area contributed by atoms with Crippen LogP contribution in [0.5, 0.6) is 0 Å². The fourth-order valence-corrected chi connectivity index (χ4v) is 5.27. The first-order valence-corrected chi connectivity index (χ1v) is 12.3. The molecule has 36 heavy (non-hydrogen) atoms. The summed E-state index contributed by atoms with van der Waals surface area (Å²) in [4.78, 5) is 14.3. The topological polar surface area (TPSA) is 38.1 Å². The van der Waals surface area contributed by atoms with Crippen LogP contribution in [0.3, 0.4) is 0 Å². The van der Waals surface area contributed by atoms with Crippen molar-refractivity contribution >= 4 is 43.7 Å². The van der Waals surface area contributed by atoms with Gasteiger partial charge in [-0.15, -0.1) is 0 Å². The maximum Gasteiger partial charge on any atom is 0.0844 e. The molecule has 170 valence electrons. The summed E-state index contributed by atoms with van der Waals surface area (Å²) in [7, 11) is 0. The fraction of sp³-hybridized carbons (Fsp3) is 0.0606. The highest BCUT2D eigenvalue weighted by Crippen LogP contribution is 2.37. The standard InChI is InChI=1S/C33H23N3/c1-2-8-26-23(7-1)16-18-28-32(26)27-9-3-4-10-29(27)36-33(28)24-14-12-22(13-15-24)25-17-19-31(35-21-25)30-11-5-6-20-34-30/h1-16,18,20-21H,17,19H2. The lowest BCUT2D eigenvalue weighted by Gasteiger charge is -2.15. The Hall–Kier alpha value is -4.63. The second-order valence-corrected chi connectivity index (χ2v) is 9.21. The summed E-state index contributed by atoms with van der Waals surface area (Å²) in [6.07, 6.45) is 5.67. The Labute approximate surface area is 209 Å². The monoisotopic (exact) mass is 461 g/mol. The third-order valence-electron chi connectivity index (χ3n) is 7.09. The second kappa shape index (κ2) is 8.54. The van der Waals surface area contributed by atoms with Gasteiger partial charge in [0.05, 0.1) is 22.6 Å².